The van der Waals surface area contributed by atoms with Crippen molar-refractivity contribution in [1.29, 1.82) is 0 Å². The van der Waals surface area contributed by atoms with Gasteiger partial charge in [0.1, 0.15) is 0 Å². The van der Waals surface area contributed by atoms with Crippen LogP contribution in [0.4, 0.5) is 5.69 Å². The van der Waals surface area contributed by atoms with E-state index in [1.54, 1.807) is 19.1 Å². The number of benzene rings is 1. The van der Waals surface area contributed by atoms with Gasteiger partial charge in [-0.25, -0.2) is 13.1 Å². The molecule has 2 rings (SSSR count). The lowest BCUT2D eigenvalue weighted by Gasteiger charge is -2.17. The summed E-state index contributed by atoms with van der Waals surface area (Å²) in [5.74, 6) is 0. The molecule has 0 amide bonds. The Kier molecular flexibility index (Phi) is 4.47. The summed E-state index contributed by atoms with van der Waals surface area (Å²) in [5, 5.41) is 0. The smallest absolute Gasteiger partial charge is 0.241 e. The maximum Gasteiger partial charge on any atom is 0.241 e. The lowest BCUT2D eigenvalue weighted by molar-refractivity contribution is 0.509. The van der Waals surface area contributed by atoms with Crippen molar-refractivity contribution in [2.24, 2.45) is 0 Å². The molecule has 0 bridgehead atoms. The Morgan fingerprint density at radius 2 is 1.79 bits per heavy atom. The second kappa shape index (κ2) is 5.92. The third-order valence-electron chi connectivity index (χ3n) is 3.68. The second-order valence-corrected chi connectivity index (χ2v) is 7.02. The molecule has 1 aromatic rings. The first-order valence-electron chi connectivity index (χ1n) is 6.87. The summed E-state index contributed by atoms with van der Waals surface area (Å²) in [6.07, 6.45) is 6.47. The normalized spacial score (nSPS) is 18.2. The molecule has 5 heteroatoms. The van der Waals surface area contributed by atoms with Crippen LogP contribution in [-0.4, -0.2) is 14.5 Å². The van der Waals surface area contributed by atoms with Crippen LogP contribution in [0.1, 0.15) is 44.1 Å². The fourth-order valence-corrected chi connectivity index (χ4v) is 4.17. The predicted molar refractivity (Wildman–Crippen MR) is 77.4 cm³/mol. The van der Waals surface area contributed by atoms with E-state index >= 15 is 0 Å². The van der Waals surface area contributed by atoms with Crippen molar-refractivity contribution in [3.8, 4) is 0 Å². The molecule has 0 radical (unpaired) electrons. The first-order valence-corrected chi connectivity index (χ1v) is 8.36. The quantitative estimate of drug-likeness (QED) is 0.661. The molecule has 19 heavy (non-hydrogen) atoms. The van der Waals surface area contributed by atoms with Crippen molar-refractivity contribution in [2.45, 2.75) is 56.4 Å². The molecule has 0 aromatic heterocycles. The van der Waals surface area contributed by atoms with Gasteiger partial charge in [-0.15, -0.1) is 0 Å². The van der Waals surface area contributed by atoms with Gasteiger partial charge in [0.15, 0.2) is 0 Å². The zero-order valence-electron chi connectivity index (χ0n) is 11.4. The average molecular weight is 282 g/mol. The second-order valence-electron chi connectivity index (χ2n) is 5.33. The zero-order chi connectivity index (χ0) is 13.9. The molecule has 0 spiro atoms. The van der Waals surface area contributed by atoms with Crippen molar-refractivity contribution in [3.05, 3.63) is 23.8 Å². The number of rotatable bonds is 3. The minimum absolute atomic E-state index is 0.0633. The number of hydrogen-bond acceptors (Lipinski definition) is 3. The van der Waals surface area contributed by atoms with Gasteiger partial charge in [-0.3, -0.25) is 0 Å². The maximum absolute atomic E-state index is 12.4. The van der Waals surface area contributed by atoms with E-state index in [1.165, 1.54) is 18.9 Å². The predicted octanol–water partition coefficient (Wildman–Crippen LogP) is 2.58. The van der Waals surface area contributed by atoms with Crippen LogP contribution in [0.5, 0.6) is 0 Å². The van der Waals surface area contributed by atoms with Crippen LogP contribution in [0.15, 0.2) is 23.1 Å². The number of nitrogens with two attached hydrogens (primary N) is 1. The Bertz CT molecular complexity index is 532. The molecule has 0 saturated heterocycles. The lowest BCUT2D eigenvalue weighted by Crippen LogP contribution is -2.34. The highest BCUT2D eigenvalue weighted by atomic mass is 32.2. The minimum Gasteiger partial charge on any atom is -0.399 e. The highest BCUT2D eigenvalue weighted by Crippen LogP contribution is 2.22. The van der Waals surface area contributed by atoms with E-state index in [0.717, 1.165) is 31.2 Å². The van der Waals surface area contributed by atoms with Crippen molar-refractivity contribution in [1.82, 2.24) is 4.72 Å². The maximum atomic E-state index is 12.4. The SMILES string of the molecule is Cc1ccc(N)cc1S(=O)(=O)NC1CCCCCC1. The largest absolute Gasteiger partial charge is 0.399 e. The number of nitrogens with one attached hydrogen (secondary N) is 1. The molecule has 1 fully saturated rings. The Morgan fingerprint density at radius 1 is 1.16 bits per heavy atom. The summed E-state index contributed by atoms with van der Waals surface area (Å²) < 4.78 is 27.7. The van der Waals surface area contributed by atoms with Crippen LogP contribution < -0.4 is 10.5 Å². The van der Waals surface area contributed by atoms with Gasteiger partial charge < -0.3 is 5.73 Å². The van der Waals surface area contributed by atoms with Gasteiger partial charge in [-0.2, -0.15) is 0 Å². The van der Waals surface area contributed by atoms with Gasteiger partial charge >= 0.3 is 0 Å². The summed E-state index contributed by atoms with van der Waals surface area (Å²) in [7, 11) is -3.46. The third-order valence-corrected chi connectivity index (χ3v) is 5.34. The van der Waals surface area contributed by atoms with Crippen molar-refractivity contribution in [2.75, 3.05) is 5.73 Å². The molecule has 106 valence electrons. The van der Waals surface area contributed by atoms with E-state index in [1.807, 2.05) is 0 Å². The monoisotopic (exact) mass is 282 g/mol. The van der Waals surface area contributed by atoms with E-state index in [2.05, 4.69) is 4.72 Å². The van der Waals surface area contributed by atoms with E-state index in [0.29, 0.717) is 10.6 Å². The topological polar surface area (TPSA) is 72.2 Å². The molecule has 0 atom stereocenters. The molecule has 3 N–H and O–H groups in total. The highest BCUT2D eigenvalue weighted by molar-refractivity contribution is 7.89. The fraction of sp³-hybridized carbons (Fsp3) is 0.571. The van der Waals surface area contributed by atoms with Crippen LogP contribution in [0, 0.1) is 6.92 Å². The zero-order valence-corrected chi connectivity index (χ0v) is 12.2. The molecule has 0 unspecified atom stereocenters. The van der Waals surface area contributed by atoms with Gasteiger partial charge in [0, 0.05) is 11.7 Å². The Labute approximate surface area is 115 Å². The summed E-state index contributed by atoms with van der Waals surface area (Å²) in [5.41, 5.74) is 6.90. The summed E-state index contributed by atoms with van der Waals surface area (Å²) in [6.45, 7) is 1.79. The molecular formula is C14H22N2O2S. The fourth-order valence-electron chi connectivity index (χ4n) is 2.59. The van der Waals surface area contributed by atoms with E-state index in [9.17, 15) is 8.42 Å². The van der Waals surface area contributed by atoms with Crippen LogP contribution in [0.2, 0.25) is 0 Å². The van der Waals surface area contributed by atoms with Gasteiger partial charge in [0.25, 0.3) is 0 Å². The molecular weight excluding hydrogens is 260 g/mol. The molecule has 1 aromatic carbocycles. The molecule has 0 aliphatic heterocycles. The first-order chi connectivity index (χ1) is 8.99. The first kappa shape index (κ1) is 14.3. The highest BCUT2D eigenvalue weighted by Gasteiger charge is 2.22. The van der Waals surface area contributed by atoms with Gasteiger partial charge in [0.2, 0.25) is 10.0 Å². The van der Waals surface area contributed by atoms with Gasteiger partial charge in [-0.05, 0) is 37.5 Å². The Balaban J connectivity index is 2.19. The lowest BCUT2D eigenvalue weighted by atomic mass is 10.1. The third kappa shape index (κ3) is 3.70. The van der Waals surface area contributed by atoms with Gasteiger partial charge in [0.05, 0.1) is 4.90 Å². The number of hydrogen-bond donors (Lipinski definition) is 2. The van der Waals surface area contributed by atoms with Crippen LogP contribution in [0.25, 0.3) is 0 Å². The molecule has 1 aliphatic carbocycles. The molecule has 1 saturated carbocycles. The standard InChI is InChI=1S/C14H22N2O2S/c1-11-8-9-12(15)10-14(11)19(17,18)16-13-6-4-2-3-5-7-13/h8-10,13,16H,2-7,15H2,1H3. The molecule has 4 nitrogen and oxygen atoms in total. The van der Waals surface area contributed by atoms with Crippen molar-refractivity contribution < 1.29 is 8.42 Å². The molecule has 1 aliphatic rings. The number of aryl methyl sites for hydroxylation is 1. The molecule has 0 heterocycles. The van der Waals surface area contributed by atoms with E-state index in [-0.39, 0.29) is 6.04 Å². The number of nitrogen functional groups attached to an aromatic ring is 1. The van der Waals surface area contributed by atoms with Crippen LogP contribution in [-0.2, 0) is 10.0 Å². The Hall–Kier alpha value is -1.07. The number of sulfonamides is 1. The van der Waals surface area contributed by atoms with E-state index in [4.69, 9.17) is 5.73 Å². The summed E-state index contributed by atoms with van der Waals surface area (Å²) in [6, 6.07) is 5.07. The van der Waals surface area contributed by atoms with Crippen LogP contribution >= 0.6 is 0 Å². The summed E-state index contributed by atoms with van der Waals surface area (Å²) in [4.78, 5) is 0.303. The number of anilines is 1. The van der Waals surface area contributed by atoms with Crippen LogP contribution in [0.3, 0.4) is 0 Å². The van der Waals surface area contributed by atoms with Gasteiger partial charge in [-0.1, -0.05) is 31.7 Å². The van der Waals surface area contributed by atoms with Crippen molar-refractivity contribution in [3.63, 3.8) is 0 Å². The van der Waals surface area contributed by atoms with E-state index < -0.39 is 10.0 Å². The van der Waals surface area contributed by atoms with Crippen molar-refractivity contribution >= 4 is 15.7 Å². The average Bonchev–Trinajstić information content (AvgIpc) is 2.60. The Morgan fingerprint density at radius 3 is 2.42 bits per heavy atom. The summed E-state index contributed by atoms with van der Waals surface area (Å²) >= 11 is 0. The minimum atomic E-state index is -3.46.